The first-order valence-electron chi connectivity index (χ1n) is 6.19. The third-order valence-electron chi connectivity index (χ3n) is 3.13. The first-order valence-corrected chi connectivity index (χ1v) is 6.19. The maximum atomic E-state index is 13.8. The van der Waals surface area contributed by atoms with Crippen LogP contribution in [-0.4, -0.2) is 6.54 Å². The minimum atomic E-state index is -1.21. The summed E-state index contributed by atoms with van der Waals surface area (Å²) in [6.07, 6.45) is 0. The zero-order chi connectivity index (χ0) is 14.7. The standard InChI is InChI=1S/C15H15F3N2/c1-9-4-2-3-5-14(9)20-15(8-19)10-6-12(17)13(18)7-11(10)16/h2-7,15,20H,8,19H2,1H3. The highest BCUT2D eigenvalue weighted by Gasteiger charge is 2.18. The van der Waals surface area contributed by atoms with Gasteiger partial charge in [0.25, 0.3) is 0 Å². The number of nitrogens with two attached hydrogens (primary N) is 1. The van der Waals surface area contributed by atoms with Gasteiger partial charge in [0.1, 0.15) is 5.82 Å². The van der Waals surface area contributed by atoms with Crippen molar-refractivity contribution in [2.45, 2.75) is 13.0 Å². The molecule has 0 aliphatic rings. The van der Waals surface area contributed by atoms with Gasteiger partial charge in [-0.05, 0) is 24.6 Å². The van der Waals surface area contributed by atoms with Crippen LogP contribution in [-0.2, 0) is 0 Å². The average molecular weight is 280 g/mol. The lowest BCUT2D eigenvalue weighted by atomic mass is 10.0. The van der Waals surface area contributed by atoms with E-state index in [1.165, 1.54) is 0 Å². The lowest BCUT2D eigenvalue weighted by Crippen LogP contribution is -2.22. The molecule has 2 rings (SSSR count). The summed E-state index contributed by atoms with van der Waals surface area (Å²) in [5.74, 6) is -3.12. The number of halogens is 3. The summed E-state index contributed by atoms with van der Waals surface area (Å²) in [5, 5.41) is 3.05. The summed E-state index contributed by atoms with van der Waals surface area (Å²) < 4.78 is 40.0. The lowest BCUT2D eigenvalue weighted by Gasteiger charge is -2.20. The number of rotatable bonds is 4. The maximum Gasteiger partial charge on any atom is 0.161 e. The van der Waals surface area contributed by atoms with Gasteiger partial charge in [0.05, 0.1) is 6.04 Å². The Balaban J connectivity index is 2.34. The number of nitrogens with one attached hydrogen (secondary N) is 1. The van der Waals surface area contributed by atoms with E-state index in [1.54, 1.807) is 0 Å². The first-order chi connectivity index (χ1) is 9.52. The van der Waals surface area contributed by atoms with E-state index in [2.05, 4.69) is 5.32 Å². The molecule has 20 heavy (non-hydrogen) atoms. The van der Waals surface area contributed by atoms with E-state index in [4.69, 9.17) is 5.73 Å². The molecule has 0 bridgehead atoms. The van der Waals surface area contributed by atoms with Gasteiger partial charge >= 0.3 is 0 Å². The van der Waals surface area contributed by atoms with Crippen molar-refractivity contribution < 1.29 is 13.2 Å². The Kier molecular flexibility index (Phi) is 4.29. The van der Waals surface area contributed by atoms with Crippen molar-refractivity contribution in [3.63, 3.8) is 0 Å². The summed E-state index contributed by atoms with van der Waals surface area (Å²) in [6.45, 7) is 1.94. The zero-order valence-corrected chi connectivity index (χ0v) is 11.0. The molecule has 106 valence electrons. The third-order valence-corrected chi connectivity index (χ3v) is 3.13. The fourth-order valence-electron chi connectivity index (χ4n) is 1.99. The smallest absolute Gasteiger partial charge is 0.161 e. The first kappa shape index (κ1) is 14.4. The predicted octanol–water partition coefficient (Wildman–Crippen LogP) is 3.52. The topological polar surface area (TPSA) is 38.0 Å². The van der Waals surface area contributed by atoms with Crippen LogP contribution in [0, 0.1) is 24.4 Å². The van der Waals surface area contributed by atoms with Gasteiger partial charge in [0.2, 0.25) is 0 Å². The van der Waals surface area contributed by atoms with Crippen LogP contribution < -0.4 is 11.1 Å². The van der Waals surface area contributed by atoms with Crippen molar-refractivity contribution in [2.75, 3.05) is 11.9 Å². The molecule has 0 fully saturated rings. The monoisotopic (exact) mass is 280 g/mol. The quantitative estimate of drug-likeness (QED) is 0.841. The van der Waals surface area contributed by atoms with Crippen molar-refractivity contribution in [1.82, 2.24) is 0 Å². The van der Waals surface area contributed by atoms with Gasteiger partial charge in [-0.25, -0.2) is 13.2 Å². The summed E-state index contributed by atoms with van der Waals surface area (Å²) in [5.41, 5.74) is 7.35. The SMILES string of the molecule is Cc1ccccc1NC(CN)c1cc(F)c(F)cc1F. The van der Waals surface area contributed by atoms with Gasteiger partial charge in [-0.1, -0.05) is 18.2 Å². The normalized spacial score (nSPS) is 12.2. The molecule has 5 heteroatoms. The van der Waals surface area contributed by atoms with Crippen LogP contribution in [0.25, 0.3) is 0 Å². The van der Waals surface area contributed by atoms with Crippen molar-refractivity contribution in [3.8, 4) is 0 Å². The van der Waals surface area contributed by atoms with Gasteiger partial charge in [0.15, 0.2) is 11.6 Å². The van der Waals surface area contributed by atoms with Crippen LogP contribution in [0.4, 0.5) is 18.9 Å². The molecule has 2 aromatic carbocycles. The van der Waals surface area contributed by atoms with Crippen molar-refractivity contribution in [3.05, 3.63) is 65.0 Å². The molecule has 0 radical (unpaired) electrons. The second kappa shape index (κ2) is 5.96. The molecular formula is C15H15F3N2. The van der Waals surface area contributed by atoms with Gasteiger partial charge < -0.3 is 11.1 Å². The average Bonchev–Trinajstić information content (AvgIpc) is 2.42. The fourth-order valence-corrected chi connectivity index (χ4v) is 1.99. The molecule has 1 unspecified atom stereocenters. The molecule has 0 aliphatic heterocycles. The summed E-state index contributed by atoms with van der Waals surface area (Å²) in [7, 11) is 0. The van der Waals surface area contributed by atoms with Crippen LogP contribution in [0.1, 0.15) is 17.2 Å². The summed E-state index contributed by atoms with van der Waals surface area (Å²) in [6, 6.07) is 8.14. The Hall–Kier alpha value is -2.01. The van der Waals surface area contributed by atoms with E-state index in [-0.39, 0.29) is 12.1 Å². The minimum absolute atomic E-state index is 0.00894. The fraction of sp³-hybridized carbons (Fsp3) is 0.200. The van der Waals surface area contributed by atoms with Crippen LogP contribution in [0.2, 0.25) is 0 Å². The third kappa shape index (κ3) is 2.93. The number of hydrogen-bond donors (Lipinski definition) is 2. The van der Waals surface area contributed by atoms with E-state index >= 15 is 0 Å². The molecule has 3 N–H and O–H groups in total. The van der Waals surface area contributed by atoms with Gasteiger partial charge in [-0.2, -0.15) is 0 Å². The Morgan fingerprint density at radius 2 is 1.70 bits per heavy atom. The van der Waals surface area contributed by atoms with E-state index < -0.39 is 23.5 Å². The van der Waals surface area contributed by atoms with Crippen LogP contribution in [0.3, 0.4) is 0 Å². The number of para-hydroxylation sites is 1. The highest BCUT2D eigenvalue weighted by Crippen LogP contribution is 2.25. The van der Waals surface area contributed by atoms with Crippen molar-refractivity contribution in [2.24, 2.45) is 5.73 Å². The Bertz CT molecular complexity index is 614. The number of benzene rings is 2. The predicted molar refractivity (Wildman–Crippen MR) is 72.9 cm³/mol. The molecule has 0 saturated heterocycles. The number of hydrogen-bond acceptors (Lipinski definition) is 2. The molecule has 0 amide bonds. The van der Waals surface area contributed by atoms with Crippen LogP contribution in [0.15, 0.2) is 36.4 Å². The van der Waals surface area contributed by atoms with Crippen LogP contribution in [0.5, 0.6) is 0 Å². The molecule has 2 aromatic rings. The van der Waals surface area contributed by atoms with E-state index in [9.17, 15) is 13.2 Å². The Labute approximate surface area is 115 Å². The molecular weight excluding hydrogens is 265 g/mol. The lowest BCUT2D eigenvalue weighted by molar-refractivity contribution is 0.486. The molecule has 1 atom stereocenters. The van der Waals surface area contributed by atoms with Crippen LogP contribution >= 0.6 is 0 Å². The van der Waals surface area contributed by atoms with Gasteiger partial charge in [0, 0.05) is 23.9 Å². The van der Waals surface area contributed by atoms with Crippen molar-refractivity contribution >= 4 is 5.69 Å². The molecule has 0 heterocycles. The Morgan fingerprint density at radius 1 is 1.05 bits per heavy atom. The highest BCUT2D eigenvalue weighted by atomic mass is 19.2. The summed E-state index contributed by atoms with van der Waals surface area (Å²) >= 11 is 0. The maximum absolute atomic E-state index is 13.8. The largest absolute Gasteiger partial charge is 0.377 e. The second-order valence-corrected chi connectivity index (χ2v) is 4.54. The molecule has 0 saturated carbocycles. The molecule has 0 spiro atoms. The molecule has 2 nitrogen and oxygen atoms in total. The van der Waals surface area contributed by atoms with Gasteiger partial charge in [-0.3, -0.25) is 0 Å². The van der Waals surface area contributed by atoms with E-state index in [0.29, 0.717) is 6.07 Å². The summed E-state index contributed by atoms with van der Waals surface area (Å²) in [4.78, 5) is 0. The van der Waals surface area contributed by atoms with E-state index in [0.717, 1.165) is 17.3 Å². The van der Waals surface area contributed by atoms with Crippen molar-refractivity contribution in [1.29, 1.82) is 0 Å². The highest BCUT2D eigenvalue weighted by molar-refractivity contribution is 5.52. The molecule has 0 aromatic heterocycles. The zero-order valence-electron chi connectivity index (χ0n) is 11.0. The molecule has 0 aliphatic carbocycles. The van der Waals surface area contributed by atoms with E-state index in [1.807, 2.05) is 31.2 Å². The number of aryl methyl sites for hydroxylation is 1. The number of anilines is 1. The second-order valence-electron chi connectivity index (χ2n) is 4.54. The Morgan fingerprint density at radius 3 is 2.35 bits per heavy atom. The van der Waals surface area contributed by atoms with Gasteiger partial charge in [-0.15, -0.1) is 0 Å². The minimum Gasteiger partial charge on any atom is -0.377 e.